The number of benzene rings is 1. The Bertz CT molecular complexity index is 642. The Morgan fingerprint density at radius 3 is 2.88 bits per heavy atom. The average molecular weight is 255 g/mol. The van der Waals surface area contributed by atoms with Crippen LogP contribution < -0.4 is 11.1 Å². The molecule has 0 saturated heterocycles. The Labute approximate surface area is 102 Å². The summed E-state index contributed by atoms with van der Waals surface area (Å²) in [5.74, 6) is -0.832. The molecule has 0 saturated carbocycles. The Kier molecular flexibility index (Phi) is 2.93. The van der Waals surface area contributed by atoms with Gasteiger partial charge in [-0.25, -0.2) is 4.79 Å². The molecule has 0 aliphatic rings. The second-order valence-electron chi connectivity index (χ2n) is 3.70. The Morgan fingerprint density at radius 2 is 2.24 bits per heavy atom. The van der Waals surface area contributed by atoms with E-state index >= 15 is 0 Å². The van der Waals surface area contributed by atoms with Crippen molar-refractivity contribution in [3.63, 3.8) is 0 Å². The van der Waals surface area contributed by atoms with Crippen molar-refractivity contribution in [3.8, 4) is 0 Å². The van der Waals surface area contributed by atoms with Crippen molar-refractivity contribution in [1.82, 2.24) is 9.88 Å². The second kappa shape index (κ2) is 4.25. The van der Waals surface area contributed by atoms with Gasteiger partial charge in [-0.2, -0.15) is 0 Å². The highest BCUT2D eigenvalue weighted by Crippen LogP contribution is 2.22. The fraction of sp³-hybridized carbons (Fsp3) is 0.273. The average Bonchev–Trinajstić information content (AvgIpc) is 2.57. The zero-order chi connectivity index (χ0) is 12.6. The topological polar surface area (TPSA) is 64.2 Å². The van der Waals surface area contributed by atoms with Crippen LogP contribution in [0.3, 0.4) is 0 Å². The molecule has 1 aromatic carbocycles. The van der Waals surface area contributed by atoms with E-state index < -0.39 is 5.76 Å². The molecule has 0 unspecified atom stereocenters. The predicted molar refractivity (Wildman–Crippen MR) is 64.3 cm³/mol. The molecule has 0 atom stereocenters. The number of nitrogens with zero attached hydrogens (tertiary/aromatic N) is 1. The summed E-state index contributed by atoms with van der Waals surface area (Å²) in [6, 6.07) is 3.31. The monoisotopic (exact) mass is 254 g/mol. The number of rotatable bonds is 2. The number of aromatic nitrogens is 1. The summed E-state index contributed by atoms with van der Waals surface area (Å²) >= 11 is 5.92. The van der Waals surface area contributed by atoms with Crippen LogP contribution in [0.25, 0.3) is 11.1 Å². The maximum absolute atomic E-state index is 11.6. The summed E-state index contributed by atoms with van der Waals surface area (Å²) in [6.07, 6.45) is 0. The van der Waals surface area contributed by atoms with Crippen LogP contribution in [-0.4, -0.2) is 17.5 Å². The van der Waals surface area contributed by atoms with Crippen LogP contribution in [0.2, 0.25) is 5.02 Å². The van der Waals surface area contributed by atoms with Crippen molar-refractivity contribution in [2.45, 2.75) is 13.5 Å². The van der Waals surface area contributed by atoms with Crippen LogP contribution in [0.1, 0.15) is 5.56 Å². The van der Waals surface area contributed by atoms with Gasteiger partial charge in [-0.1, -0.05) is 11.6 Å². The van der Waals surface area contributed by atoms with E-state index in [1.165, 1.54) is 11.6 Å². The summed E-state index contributed by atoms with van der Waals surface area (Å²) in [5.41, 5.74) is 1.76. The molecule has 2 rings (SSSR count). The molecule has 0 aliphatic heterocycles. The first-order valence-corrected chi connectivity index (χ1v) is 5.41. The lowest BCUT2D eigenvalue weighted by Gasteiger charge is -2.01. The van der Waals surface area contributed by atoms with E-state index in [2.05, 4.69) is 5.32 Å². The van der Waals surface area contributed by atoms with Gasteiger partial charge in [0.25, 0.3) is 0 Å². The summed E-state index contributed by atoms with van der Waals surface area (Å²) in [4.78, 5) is 22.9. The molecule has 6 heteroatoms. The zero-order valence-electron chi connectivity index (χ0n) is 9.41. The van der Waals surface area contributed by atoms with Crippen molar-refractivity contribution >= 4 is 28.6 Å². The maximum Gasteiger partial charge on any atom is 0.420 e. The van der Waals surface area contributed by atoms with Crippen molar-refractivity contribution in [1.29, 1.82) is 0 Å². The van der Waals surface area contributed by atoms with Gasteiger partial charge >= 0.3 is 5.76 Å². The highest BCUT2D eigenvalue weighted by atomic mass is 35.5. The summed E-state index contributed by atoms with van der Waals surface area (Å²) in [7, 11) is 1.51. The number of hydrogen-bond donors (Lipinski definition) is 1. The van der Waals surface area contributed by atoms with Gasteiger partial charge < -0.3 is 9.73 Å². The van der Waals surface area contributed by atoms with Crippen LogP contribution in [0.15, 0.2) is 21.3 Å². The Balaban J connectivity index is 2.66. The minimum absolute atomic E-state index is 0.0812. The summed E-state index contributed by atoms with van der Waals surface area (Å²) < 4.78 is 6.36. The van der Waals surface area contributed by atoms with Crippen LogP contribution in [0, 0.1) is 6.92 Å². The summed E-state index contributed by atoms with van der Waals surface area (Å²) in [6.45, 7) is 1.71. The van der Waals surface area contributed by atoms with Crippen molar-refractivity contribution in [3.05, 3.63) is 33.3 Å². The number of aryl methyl sites for hydroxylation is 1. The van der Waals surface area contributed by atoms with Gasteiger partial charge in [0.15, 0.2) is 5.58 Å². The Hall–Kier alpha value is -1.75. The zero-order valence-corrected chi connectivity index (χ0v) is 10.2. The molecule has 17 heavy (non-hydrogen) atoms. The van der Waals surface area contributed by atoms with E-state index in [1.54, 1.807) is 19.1 Å². The smallest absolute Gasteiger partial charge is 0.407 e. The van der Waals surface area contributed by atoms with E-state index in [9.17, 15) is 9.59 Å². The normalized spacial score (nSPS) is 10.8. The lowest BCUT2D eigenvalue weighted by molar-refractivity contribution is -0.121. The number of carbonyl (C=O) groups is 1. The number of fused-ring (bicyclic) bond motifs is 1. The molecule has 2 aromatic rings. The molecular formula is C11H11ClN2O3. The summed E-state index contributed by atoms with van der Waals surface area (Å²) in [5, 5.41) is 2.95. The van der Waals surface area contributed by atoms with Gasteiger partial charge in [-0.3, -0.25) is 9.36 Å². The lowest BCUT2D eigenvalue weighted by Crippen LogP contribution is -2.27. The molecule has 0 spiro atoms. The molecule has 1 aromatic heterocycles. The molecular weight excluding hydrogens is 244 g/mol. The third kappa shape index (κ3) is 2.06. The molecule has 1 N–H and O–H groups in total. The number of likely N-dealkylation sites (N-methyl/N-ethyl adjacent to an activating group) is 1. The first-order valence-electron chi connectivity index (χ1n) is 5.03. The molecule has 0 bridgehead atoms. The number of oxazole rings is 1. The van der Waals surface area contributed by atoms with Crippen molar-refractivity contribution in [2.24, 2.45) is 0 Å². The predicted octanol–water partition coefficient (Wildman–Crippen LogP) is 1.30. The number of nitrogens with one attached hydrogen (secondary N) is 1. The minimum atomic E-state index is -0.561. The molecule has 0 aliphatic carbocycles. The van der Waals surface area contributed by atoms with E-state index in [0.717, 1.165) is 5.56 Å². The maximum atomic E-state index is 11.6. The first-order chi connectivity index (χ1) is 8.02. The van der Waals surface area contributed by atoms with E-state index in [4.69, 9.17) is 16.0 Å². The van der Waals surface area contributed by atoms with Gasteiger partial charge in [-0.15, -0.1) is 0 Å². The second-order valence-corrected chi connectivity index (χ2v) is 4.13. The standard InChI is InChI=1S/C11H11ClN2O3/c1-6-3-7(12)4-8-10(6)17-11(16)14(8)5-9(15)13-2/h3-4H,5H2,1-2H3,(H,13,15). The molecule has 0 radical (unpaired) electrons. The molecule has 1 heterocycles. The minimum Gasteiger partial charge on any atom is -0.407 e. The number of carbonyl (C=O) groups excluding carboxylic acids is 1. The number of halogens is 1. The molecule has 1 amide bonds. The van der Waals surface area contributed by atoms with Crippen LogP contribution >= 0.6 is 11.6 Å². The van der Waals surface area contributed by atoms with Gasteiger partial charge in [0, 0.05) is 12.1 Å². The van der Waals surface area contributed by atoms with Gasteiger partial charge in [-0.05, 0) is 24.6 Å². The van der Waals surface area contributed by atoms with E-state index in [0.29, 0.717) is 16.1 Å². The molecule has 90 valence electrons. The third-order valence-corrected chi connectivity index (χ3v) is 2.72. The fourth-order valence-corrected chi connectivity index (χ4v) is 1.93. The first kappa shape index (κ1) is 11.7. The van der Waals surface area contributed by atoms with Crippen LogP contribution in [-0.2, 0) is 11.3 Å². The highest BCUT2D eigenvalue weighted by Gasteiger charge is 2.14. The van der Waals surface area contributed by atoms with Crippen LogP contribution in [0.5, 0.6) is 0 Å². The number of hydrogen-bond acceptors (Lipinski definition) is 3. The molecule has 0 fully saturated rings. The van der Waals surface area contributed by atoms with Gasteiger partial charge in [0.05, 0.1) is 5.52 Å². The Morgan fingerprint density at radius 1 is 1.53 bits per heavy atom. The van der Waals surface area contributed by atoms with Crippen LogP contribution in [0.4, 0.5) is 0 Å². The fourth-order valence-electron chi connectivity index (χ4n) is 1.66. The van der Waals surface area contributed by atoms with E-state index in [-0.39, 0.29) is 12.5 Å². The highest BCUT2D eigenvalue weighted by molar-refractivity contribution is 6.31. The van der Waals surface area contributed by atoms with Crippen molar-refractivity contribution in [2.75, 3.05) is 7.05 Å². The lowest BCUT2D eigenvalue weighted by atomic mass is 10.2. The quantitative estimate of drug-likeness (QED) is 0.879. The molecule has 5 nitrogen and oxygen atoms in total. The number of amides is 1. The van der Waals surface area contributed by atoms with Gasteiger partial charge in [0.2, 0.25) is 5.91 Å². The van der Waals surface area contributed by atoms with Gasteiger partial charge in [0.1, 0.15) is 6.54 Å². The van der Waals surface area contributed by atoms with Crippen molar-refractivity contribution < 1.29 is 9.21 Å². The third-order valence-electron chi connectivity index (χ3n) is 2.50. The SMILES string of the molecule is CNC(=O)Cn1c(=O)oc2c(C)cc(Cl)cc21. The largest absolute Gasteiger partial charge is 0.420 e. The van der Waals surface area contributed by atoms with E-state index in [1.807, 2.05) is 0 Å².